The van der Waals surface area contributed by atoms with Gasteiger partial charge < -0.3 is 10.4 Å². The fourth-order valence-electron chi connectivity index (χ4n) is 3.97. The largest absolute Gasteiger partial charge is 0.387 e. The molecule has 0 bridgehead atoms. The van der Waals surface area contributed by atoms with Crippen molar-refractivity contribution >= 4 is 5.91 Å². The van der Waals surface area contributed by atoms with Crippen LogP contribution in [0.25, 0.3) is 0 Å². The van der Waals surface area contributed by atoms with Crippen LogP contribution >= 0.6 is 0 Å². The van der Waals surface area contributed by atoms with Crippen molar-refractivity contribution in [2.45, 2.75) is 31.8 Å². The Morgan fingerprint density at radius 2 is 2.05 bits per heavy atom. The second kappa shape index (κ2) is 6.58. The van der Waals surface area contributed by atoms with Gasteiger partial charge in [-0.3, -0.25) is 9.69 Å². The van der Waals surface area contributed by atoms with Crippen molar-refractivity contribution in [2.24, 2.45) is 11.8 Å². The topological polar surface area (TPSA) is 52.6 Å². The van der Waals surface area contributed by atoms with Crippen LogP contribution in [-0.2, 0) is 11.3 Å². The first-order chi connectivity index (χ1) is 10.3. The molecule has 1 aromatic rings. The monoisotopic (exact) mass is 288 g/mol. The summed E-state index contributed by atoms with van der Waals surface area (Å²) in [5.74, 6) is 0.992. The summed E-state index contributed by atoms with van der Waals surface area (Å²) in [6.45, 7) is 2.77. The van der Waals surface area contributed by atoms with Gasteiger partial charge in [0.05, 0.1) is 0 Å². The van der Waals surface area contributed by atoms with Gasteiger partial charge in [-0.25, -0.2) is 0 Å². The third-order valence-corrected chi connectivity index (χ3v) is 4.91. The van der Waals surface area contributed by atoms with Crippen LogP contribution in [0.3, 0.4) is 0 Å². The summed E-state index contributed by atoms with van der Waals surface area (Å²) >= 11 is 0. The van der Waals surface area contributed by atoms with E-state index in [1.165, 1.54) is 18.4 Å². The SMILES string of the molecule is O=C(CO)N[C@@H]1CCC[C@@H]2CN(Cc3ccccc3)C[C@@H]21. The third kappa shape index (κ3) is 3.44. The molecule has 4 heteroatoms. The molecule has 1 saturated carbocycles. The molecule has 114 valence electrons. The predicted molar refractivity (Wildman–Crippen MR) is 81.6 cm³/mol. The van der Waals surface area contributed by atoms with Crippen molar-refractivity contribution in [3.63, 3.8) is 0 Å². The zero-order valence-electron chi connectivity index (χ0n) is 12.4. The number of aliphatic hydroxyl groups excluding tert-OH is 1. The highest BCUT2D eigenvalue weighted by molar-refractivity contribution is 5.77. The zero-order chi connectivity index (χ0) is 14.7. The van der Waals surface area contributed by atoms with E-state index < -0.39 is 6.61 Å². The average molecular weight is 288 g/mol. The highest BCUT2D eigenvalue weighted by Crippen LogP contribution is 2.36. The van der Waals surface area contributed by atoms with E-state index in [1.54, 1.807) is 0 Å². The molecule has 4 nitrogen and oxygen atoms in total. The lowest BCUT2D eigenvalue weighted by Crippen LogP contribution is -2.46. The van der Waals surface area contributed by atoms with E-state index in [-0.39, 0.29) is 11.9 Å². The van der Waals surface area contributed by atoms with E-state index in [0.717, 1.165) is 26.1 Å². The summed E-state index contributed by atoms with van der Waals surface area (Å²) in [5.41, 5.74) is 1.35. The lowest BCUT2D eigenvalue weighted by molar-refractivity contribution is -0.125. The van der Waals surface area contributed by atoms with Crippen LogP contribution < -0.4 is 5.32 Å². The van der Waals surface area contributed by atoms with Crippen molar-refractivity contribution < 1.29 is 9.90 Å². The van der Waals surface area contributed by atoms with Crippen molar-refractivity contribution in [1.29, 1.82) is 0 Å². The number of nitrogens with zero attached hydrogens (tertiary/aromatic N) is 1. The normalized spacial score (nSPS) is 29.1. The zero-order valence-corrected chi connectivity index (χ0v) is 12.4. The standard InChI is InChI=1S/C17H24N2O2/c20-12-17(21)18-16-8-4-7-14-10-19(11-15(14)16)9-13-5-2-1-3-6-13/h1-3,5-6,14-16,20H,4,7-12H2,(H,18,21)/t14-,15+,16-/m1/s1. The van der Waals surface area contributed by atoms with E-state index in [4.69, 9.17) is 5.11 Å². The van der Waals surface area contributed by atoms with Crippen molar-refractivity contribution in [3.05, 3.63) is 35.9 Å². The molecule has 1 amide bonds. The Kier molecular flexibility index (Phi) is 4.56. The molecule has 1 heterocycles. The highest BCUT2D eigenvalue weighted by atomic mass is 16.3. The third-order valence-electron chi connectivity index (χ3n) is 4.91. The summed E-state index contributed by atoms with van der Waals surface area (Å²) < 4.78 is 0. The van der Waals surface area contributed by atoms with E-state index in [1.807, 2.05) is 6.07 Å². The van der Waals surface area contributed by atoms with Gasteiger partial charge in [0.1, 0.15) is 6.61 Å². The van der Waals surface area contributed by atoms with Gasteiger partial charge in [-0.2, -0.15) is 0 Å². The van der Waals surface area contributed by atoms with E-state index in [0.29, 0.717) is 11.8 Å². The van der Waals surface area contributed by atoms with Crippen LogP contribution in [0.4, 0.5) is 0 Å². The highest BCUT2D eigenvalue weighted by Gasteiger charge is 2.40. The molecule has 2 aliphatic rings. The van der Waals surface area contributed by atoms with Gasteiger partial charge in [-0.15, -0.1) is 0 Å². The Labute approximate surface area is 126 Å². The number of hydrogen-bond acceptors (Lipinski definition) is 3. The van der Waals surface area contributed by atoms with Gasteiger partial charge in [-0.1, -0.05) is 36.8 Å². The molecule has 0 radical (unpaired) electrons. The number of amides is 1. The second-order valence-electron chi connectivity index (χ2n) is 6.37. The Morgan fingerprint density at radius 1 is 1.24 bits per heavy atom. The van der Waals surface area contributed by atoms with Crippen molar-refractivity contribution in [1.82, 2.24) is 10.2 Å². The summed E-state index contributed by atoms with van der Waals surface area (Å²) in [5, 5.41) is 11.9. The number of carbonyl (C=O) groups is 1. The number of fused-ring (bicyclic) bond motifs is 1. The molecular formula is C17H24N2O2. The Bertz CT molecular complexity index is 477. The lowest BCUT2D eigenvalue weighted by atomic mass is 9.78. The first-order valence-corrected chi connectivity index (χ1v) is 7.93. The molecule has 2 fully saturated rings. The summed E-state index contributed by atoms with van der Waals surface area (Å²) in [7, 11) is 0. The first-order valence-electron chi connectivity index (χ1n) is 7.93. The molecule has 2 N–H and O–H groups in total. The number of hydrogen-bond donors (Lipinski definition) is 2. The summed E-state index contributed by atoms with van der Waals surface area (Å²) in [6.07, 6.45) is 3.49. The molecule has 1 aliphatic carbocycles. The van der Waals surface area contributed by atoms with Gasteiger partial charge >= 0.3 is 0 Å². The summed E-state index contributed by atoms with van der Waals surface area (Å²) in [4.78, 5) is 14.0. The van der Waals surface area contributed by atoms with Crippen molar-refractivity contribution in [3.8, 4) is 0 Å². The van der Waals surface area contributed by atoms with Crippen LogP contribution in [0.1, 0.15) is 24.8 Å². The van der Waals surface area contributed by atoms with Crippen LogP contribution in [0.15, 0.2) is 30.3 Å². The van der Waals surface area contributed by atoms with Crippen LogP contribution in [0.5, 0.6) is 0 Å². The lowest BCUT2D eigenvalue weighted by Gasteiger charge is -2.33. The second-order valence-corrected chi connectivity index (χ2v) is 6.37. The van der Waals surface area contributed by atoms with Crippen LogP contribution in [0, 0.1) is 11.8 Å². The molecule has 1 saturated heterocycles. The molecular weight excluding hydrogens is 264 g/mol. The number of aliphatic hydroxyl groups is 1. The minimum absolute atomic E-state index is 0.234. The maximum Gasteiger partial charge on any atom is 0.245 e. The molecule has 0 aromatic heterocycles. The molecule has 21 heavy (non-hydrogen) atoms. The van der Waals surface area contributed by atoms with Gasteiger partial charge in [-0.05, 0) is 30.2 Å². The minimum Gasteiger partial charge on any atom is -0.387 e. The fraction of sp³-hybridized carbons (Fsp3) is 0.588. The van der Waals surface area contributed by atoms with Gasteiger partial charge in [0.25, 0.3) is 0 Å². The van der Waals surface area contributed by atoms with Gasteiger partial charge in [0.15, 0.2) is 0 Å². The average Bonchev–Trinajstić information content (AvgIpc) is 2.91. The van der Waals surface area contributed by atoms with Crippen LogP contribution in [-0.4, -0.2) is 41.7 Å². The quantitative estimate of drug-likeness (QED) is 0.880. The molecule has 3 atom stereocenters. The molecule has 3 rings (SSSR count). The van der Waals surface area contributed by atoms with Gasteiger partial charge in [0, 0.05) is 25.7 Å². The fourth-order valence-corrected chi connectivity index (χ4v) is 3.97. The van der Waals surface area contributed by atoms with E-state index >= 15 is 0 Å². The Hall–Kier alpha value is -1.39. The number of benzene rings is 1. The number of rotatable bonds is 4. The smallest absolute Gasteiger partial charge is 0.245 e. The van der Waals surface area contributed by atoms with Crippen molar-refractivity contribution in [2.75, 3.05) is 19.7 Å². The van der Waals surface area contributed by atoms with Crippen LogP contribution in [0.2, 0.25) is 0 Å². The van der Waals surface area contributed by atoms with Gasteiger partial charge in [0.2, 0.25) is 5.91 Å². The molecule has 1 aliphatic heterocycles. The maximum atomic E-state index is 11.5. The summed E-state index contributed by atoms with van der Waals surface area (Å²) in [6, 6.07) is 10.8. The first kappa shape index (κ1) is 14.5. The molecule has 1 aromatic carbocycles. The predicted octanol–water partition coefficient (Wildman–Crippen LogP) is 1.40. The Balaban J connectivity index is 1.61. The minimum atomic E-state index is -0.401. The maximum absolute atomic E-state index is 11.5. The number of carbonyl (C=O) groups excluding carboxylic acids is 1. The molecule has 0 spiro atoms. The molecule has 0 unspecified atom stereocenters. The Morgan fingerprint density at radius 3 is 2.81 bits per heavy atom. The van der Waals surface area contributed by atoms with E-state index in [9.17, 15) is 4.79 Å². The number of likely N-dealkylation sites (tertiary alicyclic amines) is 1. The van der Waals surface area contributed by atoms with E-state index in [2.05, 4.69) is 34.5 Å². The number of nitrogens with one attached hydrogen (secondary N) is 1.